The molecule has 0 aromatic carbocycles. The molecule has 4 nitrogen and oxygen atoms in total. The Hall–Kier alpha value is -0.246. The number of rotatable bonds is 26. The first-order valence-corrected chi connectivity index (χ1v) is 19.4. The molecule has 0 aliphatic rings. The van der Waals surface area contributed by atoms with E-state index < -0.39 is 17.1 Å². The molecule has 0 atom stereocenters. The first kappa shape index (κ1) is 35.8. The maximum absolute atomic E-state index is 6.97. The van der Waals surface area contributed by atoms with Crippen LogP contribution in [-0.2, 0) is 17.7 Å². The fraction of sp³-hybridized carbons (Fsp3) is 0.867. The summed E-state index contributed by atoms with van der Waals surface area (Å²) < 4.78 is 27.9. The largest absolute Gasteiger partial charge is 0.391 e. The monoisotopic (exact) mass is 542 g/mol. The summed E-state index contributed by atoms with van der Waals surface area (Å²) in [4.78, 5) is 0. The van der Waals surface area contributed by atoms with Crippen molar-refractivity contribution < 1.29 is 17.7 Å². The first-order chi connectivity index (χ1) is 17.6. The minimum absolute atomic E-state index is 0.165. The van der Waals surface area contributed by atoms with E-state index >= 15 is 0 Å². The third-order valence-corrected chi connectivity index (χ3v) is 15.4. The van der Waals surface area contributed by atoms with Crippen LogP contribution >= 0.6 is 0 Å². The van der Waals surface area contributed by atoms with E-state index in [0.29, 0.717) is 0 Å². The lowest BCUT2D eigenvalue weighted by Crippen LogP contribution is -2.60. The van der Waals surface area contributed by atoms with Crippen LogP contribution in [0.3, 0.4) is 0 Å². The fourth-order valence-corrected chi connectivity index (χ4v) is 14.1. The molecule has 0 heterocycles. The first-order valence-electron chi connectivity index (χ1n) is 15.5. The fourth-order valence-electron chi connectivity index (χ4n) is 4.21. The highest BCUT2D eigenvalue weighted by Gasteiger charge is 2.58. The Labute approximate surface area is 228 Å². The molecule has 0 aliphatic carbocycles. The molecule has 0 fully saturated rings. The van der Waals surface area contributed by atoms with Gasteiger partial charge in [-0.15, -0.1) is 0 Å². The molecular formula is C30H62O4Si2. The molecule has 0 spiro atoms. The molecule has 36 heavy (non-hydrogen) atoms. The van der Waals surface area contributed by atoms with Gasteiger partial charge in [0, 0.05) is 26.4 Å². The van der Waals surface area contributed by atoms with E-state index in [2.05, 4.69) is 72.0 Å². The van der Waals surface area contributed by atoms with E-state index in [-0.39, 0.29) is 5.16 Å². The van der Waals surface area contributed by atoms with Crippen LogP contribution in [0.15, 0.2) is 23.6 Å². The van der Waals surface area contributed by atoms with Crippen molar-refractivity contribution in [2.75, 3.05) is 26.4 Å². The van der Waals surface area contributed by atoms with Crippen LogP contribution in [0.5, 0.6) is 0 Å². The van der Waals surface area contributed by atoms with Crippen LogP contribution in [-0.4, -0.2) is 43.5 Å². The molecule has 0 radical (unpaired) electrons. The van der Waals surface area contributed by atoms with Gasteiger partial charge in [0.25, 0.3) is 0 Å². The molecular weight excluding hydrogens is 480 g/mol. The summed E-state index contributed by atoms with van der Waals surface area (Å²) in [6.07, 6.45) is 19.8. The SMILES string of the molecule is CCCC=C[Si](OCCCC)(OCCCC)C(CCC)[Si](C=CCCC)(OCCCC)OCCCC. The average Bonchev–Trinajstić information content (AvgIpc) is 2.87. The van der Waals surface area contributed by atoms with Gasteiger partial charge < -0.3 is 17.7 Å². The van der Waals surface area contributed by atoms with Crippen molar-refractivity contribution in [3.05, 3.63) is 23.6 Å². The zero-order valence-corrected chi connectivity index (χ0v) is 27.2. The maximum atomic E-state index is 6.97. The molecule has 214 valence electrons. The van der Waals surface area contributed by atoms with Gasteiger partial charge in [-0.2, -0.15) is 0 Å². The minimum atomic E-state index is -2.79. The van der Waals surface area contributed by atoms with Gasteiger partial charge in [-0.3, -0.25) is 0 Å². The molecule has 0 aromatic rings. The maximum Gasteiger partial charge on any atom is 0.370 e. The van der Waals surface area contributed by atoms with Crippen molar-refractivity contribution in [1.82, 2.24) is 0 Å². The van der Waals surface area contributed by atoms with Gasteiger partial charge in [-0.05, 0) is 56.3 Å². The van der Waals surface area contributed by atoms with E-state index in [9.17, 15) is 0 Å². The normalized spacial score (nSPS) is 13.9. The summed E-state index contributed by atoms with van der Waals surface area (Å²) >= 11 is 0. The van der Waals surface area contributed by atoms with Gasteiger partial charge >= 0.3 is 17.1 Å². The zero-order chi connectivity index (χ0) is 27.0. The average molecular weight is 543 g/mol. The predicted molar refractivity (Wildman–Crippen MR) is 162 cm³/mol. The Kier molecular flexibility index (Phi) is 23.7. The lowest BCUT2D eigenvalue weighted by molar-refractivity contribution is 0.140. The summed E-state index contributed by atoms with van der Waals surface area (Å²) in [5.74, 6) is 0. The summed E-state index contributed by atoms with van der Waals surface area (Å²) in [5.41, 5.74) is 4.76. The second-order valence-electron chi connectivity index (χ2n) is 9.97. The Bertz CT molecular complexity index is 475. The molecule has 0 bridgehead atoms. The van der Waals surface area contributed by atoms with Crippen LogP contribution in [0.1, 0.15) is 138 Å². The van der Waals surface area contributed by atoms with Crippen molar-refractivity contribution in [2.45, 2.75) is 144 Å². The van der Waals surface area contributed by atoms with Gasteiger partial charge in [-0.1, -0.05) is 106 Å². The highest BCUT2D eigenvalue weighted by Crippen LogP contribution is 2.41. The molecule has 0 aromatic heterocycles. The number of unbranched alkanes of at least 4 members (excludes halogenated alkanes) is 6. The Balaban J connectivity index is 6.82. The van der Waals surface area contributed by atoms with E-state index in [4.69, 9.17) is 17.7 Å². The Morgan fingerprint density at radius 3 is 1.06 bits per heavy atom. The van der Waals surface area contributed by atoms with Gasteiger partial charge in [0.05, 0.1) is 5.16 Å². The second kappa shape index (κ2) is 23.8. The summed E-state index contributed by atoms with van der Waals surface area (Å²) in [6, 6.07) is 0. The number of hydrogen-bond acceptors (Lipinski definition) is 4. The van der Waals surface area contributed by atoms with Gasteiger partial charge in [0.2, 0.25) is 0 Å². The third kappa shape index (κ3) is 14.1. The molecule has 0 unspecified atom stereocenters. The van der Waals surface area contributed by atoms with Crippen molar-refractivity contribution in [1.29, 1.82) is 0 Å². The zero-order valence-electron chi connectivity index (χ0n) is 25.2. The van der Waals surface area contributed by atoms with E-state index in [0.717, 1.165) is 116 Å². The number of hydrogen-bond donors (Lipinski definition) is 0. The number of allylic oxidation sites excluding steroid dienone is 2. The van der Waals surface area contributed by atoms with E-state index in [1.165, 1.54) is 0 Å². The predicted octanol–water partition coefficient (Wildman–Crippen LogP) is 9.64. The lowest BCUT2D eigenvalue weighted by Gasteiger charge is -2.43. The Morgan fingerprint density at radius 2 is 0.806 bits per heavy atom. The summed E-state index contributed by atoms with van der Waals surface area (Å²) in [7, 11) is -5.59. The van der Waals surface area contributed by atoms with Crippen molar-refractivity contribution in [3.8, 4) is 0 Å². The summed E-state index contributed by atoms with van der Waals surface area (Å²) in [5, 5.41) is 0.165. The van der Waals surface area contributed by atoms with Crippen LogP contribution < -0.4 is 0 Å². The van der Waals surface area contributed by atoms with Crippen LogP contribution in [0.25, 0.3) is 0 Å². The van der Waals surface area contributed by atoms with Crippen LogP contribution in [0.2, 0.25) is 5.16 Å². The lowest BCUT2D eigenvalue weighted by atomic mass is 10.3. The molecule has 6 heteroatoms. The van der Waals surface area contributed by atoms with E-state index in [1.807, 2.05) is 0 Å². The second-order valence-corrected chi connectivity index (χ2v) is 16.7. The van der Waals surface area contributed by atoms with Gasteiger partial charge in [0.15, 0.2) is 0 Å². The molecule has 0 N–H and O–H groups in total. The highest BCUT2D eigenvalue weighted by atomic mass is 28.4. The molecule has 0 saturated heterocycles. The van der Waals surface area contributed by atoms with E-state index in [1.54, 1.807) is 0 Å². The minimum Gasteiger partial charge on any atom is -0.391 e. The highest BCUT2D eigenvalue weighted by molar-refractivity contribution is 6.93. The Morgan fingerprint density at radius 1 is 0.472 bits per heavy atom. The van der Waals surface area contributed by atoms with Crippen molar-refractivity contribution in [2.24, 2.45) is 0 Å². The van der Waals surface area contributed by atoms with Crippen molar-refractivity contribution >= 4 is 17.1 Å². The van der Waals surface area contributed by atoms with Crippen LogP contribution in [0, 0.1) is 0 Å². The molecule has 0 amide bonds. The standard InChI is InChI=1S/C30H62O4Si2/c1-8-15-21-28-35(31-24-17-10-3,32-25-18-11-4)30(23-14-7)36(29-22-16-9-2,33-26-19-12-5)34-27-20-13-6/h21-22,28-30H,8-20,23-27H2,1-7H3. The quantitative estimate of drug-likeness (QED) is 0.0805. The third-order valence-electron chi connectivity index (χ3n) is 6.46. The smallest absolute Gasteiger partial charge is 0.370 e. The summed E-state index contributed by atoms with van der Waals surface area (Å²) in [6.45, 7) is 18.7. The van der Waals surface area contributed by atoms with Crippen LogP contribution in [0.4, 0.5) is 0 Å². The van der Waals surface area contributed by atoms with Gasteiger partial charge in [-0.25, -0.2) is 0 Å². The molecule has 0 saturated carbocycles. The van der Waals surface area contributed by atoms with Crippen molar-refractivity contribution in [3.63, 3.8) is 0 Å². The molecule has 0 aliphatic heterocycles. The van der Waals surface area contributed by atoms with Gasteiger partial charge in [0.1, 0.15) is 0 Å². The topological polar surface area (TPSA) is 36.9 Å². The molecule has 0 rings (SSSR count).